The first-order valence-corrected chi connectivity index (χ1v) is 12.3. The highest BCUT2D eigenvalue weighted by Gasteiger charge is 2.29. The number of imidazole rings is 1. The number of rotatable bonds is 4. The van der Waals surface area contributed by atoms with Gasteiger partial charge in [0.2, 0.25) is 9.84 Å². The average molecular weight is 430 g/mol. The molecule has 4 rings (SSSR count). The van der Waals surface area contributed by atoms with Gasteiger partial charge < -0.3 is 9.09 Å². The standard InChI is InChI=1S/C23H31N3O3S/c1-15-21(16(2)29-25-15)30(27,28)18-11-12-20-19(13-18)24-22(23(3,4)5)26(20)14-17-9-7-6-8-10-17/h11-13,17H,6-10,14H2,1-5H3. The Bertz CT molecular complexity index is 1160. The summed E-state index contributed by atoms with van der Waals surface area (Å²) in [5.41, 5.74) is 1.98. The third-order valence-corrected chi connectivity index (χ3v) is 8.10. The van der Waals surface area contributed by atoms with E-state index in [1.807, 2.05) is 6.07 Å². The second-order valence-electron chi connectivity index (χ2n) is 9.61. The molecule has 1 saturated carbocycles. The van der Waals surface area contributed by atoms with Crippen molar-refractivity contribution in [2.75, 3.05) is 0 Å². The van der Waals surface area contributed by atoms with Crippen LogP contribution in [0.15, 0.2) is 32.5 Å². The van der Waals surface area contributed by atoms with Crippen molar-refractivity contribution in [1.82, 2.24) is 14.7 Å². The van der Waals surface area contributed by atoms with Gasteiger partial charge in [-0.2, -0.15) is 0 Å². The van der Waals surface area contributed by atoms with Crippen LogP contribution in [0.5, 0.6) is 0 Å². The summed E-state index contributed by atoms with van der Waals surface area (Å²) in [5, 5.41) is 3.81. The molecule has 1 aliphatic carbocycles. The van der Waals surface area contributed by atoms with E-state index in [2.05, 4.69) is 30.5 Å². The molecule has 6 nitrogen and oxygen atoms in total. The maximum absolute atomic E-state index is 13.3. The first-order valence-electron chi connectivity index (χ1n) is 10.8. The van der Waals surface area contributed by atoms with Crippen LogP contribution in [0.1, 0.15) is 70.2 Å². The largest absolute Gasteiger partial charge is 0.360 e. The highest BCUT2D eigenvalue weighted by Crippen LogP contribution is 2.33. The Balaban J connectivity index is 1.82. The summed E-state index contributed by atoms with van der Waals surface area (Å²) in [7, 11) is -3.72. The summed E-state index contributed by atoms with van der Waals surface area (Å²) in [6, 6.07) is 5.30. The van der Waals surface area contributed by atoms with E-state index in [4.69, 9.17) is 9.51 Å². The molecule has 0 atom stereocenters. The summed E-state index contributed by atoms with van der Waals surface area (Å²) in [6.07, 6.45) is 6.42. The number of aryl methyl sites for hydroxylation is 2. The van der Waals surface area contributed by atoms with Gasteiger partial charge in [-0.05, 0) is 50.8 Å². The average Bonchev–Trinajstić information content (AvgIpc) is 3.22. The molecule has 1 fully saturated rings. The lowest BCUT2D eigenvalue weighted by Gasteiger charge is -2.26. The number of aromatic nitrogens is 3. The molecule has 2 aromatic heterocycles. The van der Waals surface area contributed by atoms with E-state index in [0.29, 0.717) is 17.4 Å². The predicted octanol–water partition coefficient (Wildman–Crippen LogP) is 5.35. The molecule has 1 aliphatic rings. The molecule has 0 N–H and O–H groups in total. The highest BCUT2D eigenvalue weighted by atomic mass is 32.2. The topological polar surface area (TPSA) is 78.0 Å². The smallest absolute Gasteiger partial charge is 0.212 e. The van der Waals surface area contributed by atoms with Gasteiger partial charge in [0.05, 0.1) is 21.6 Å². The van der Waals surface area contributed by atoms with Gasteiger partial charge in [0.25, 0.3) is 0 Å². The van der Waals surface area contributed by atoms with Crippen molar-refractivity contribution >= 4 is 20.9 Å². The van der Waals surface area contributed by atoms with Crippen molar-refractivity contribution in [2.45, 2.75) is 88.5 Å². The minimum absolute atomic E-state index is 0.131. The van der Waals surface area contributed by atoms with Gasteiger partial charge in [-0.1, -0.05) is 45.2 Å². The Morgan fingerprint density at radius 2 is 1.83 bits per heavy atom. The van der Waals surface area contributed by atoms with Crippen LogP contribution in [-0.4, -0.2) is 23.1 Å². The van der Waals surface area contributed by atoms with Crippen molar-refractivity contribution in [3.63, 3.8) is 0 Å². The van der Waals surface area contributed by atoms with Gasteiger partial charge in [-0.3, -0.25) is 0 Å². The van der Waals surface area contributed by atoms with Gasteiger partial charge in [-0.25, -0.2) is 13.4 Å². The number of nitrogens with zero attached hydrogens (tertiary/aromatic N) is 3. The van der Waals surface area contributed by atoms with E-state index >= 15 is 0 Å². The zero-order valence-electron chi connectivity index (χ0n) is 18.5. The molecule has 3 aromatic rings. The Kier molecular flexibility index (Phi) is 5.29. The van der Waals surface area contributed by atoms with Crippen LogP contribution >= 0.6 is 0 Å². The van der Waals surface area contributed by atoms with Crippen LogP contribution in [0.3, 0.4) is 0 Å². The third kappa shape index (κ3) is 3.68. The maximum atomic E-state index is 13.3. The van der Waals surface area contributed by atoms with Crippen LogP contribution in [0.4, 0.5) is 0 Å². The van der Waals surface area contributed by atoms with Crippen molar-refractivity contribution in [3.05, 3.63) is 35.5 Å². The number of fused-ring (bicyclic) bond motifs is 1. The van der Waals surface area contributed by atoms with Crippen LogP contribution < -0.4 is 0 Å². The molecular formula is C23H31N3O3S. The van der Waals surface area contributed by atoms with E-state index in [1.54, 1.807) is 26.0 Å². The lowest BCUT2D eigenvalue weighted by molar-refractivity contribution is 0.313. The molecule has 0 amide bonds. The molecule has 0 spiro atoms. The quantitative estimate of drug-likeness (QED) is 0.558. The first-order chi connectivity index (χ1) is 14.1. The van der Waals surface area contributed by atoms with E-state index in [0.717, 1.165) is 23.4 Å². The van der Waals surface area contributed by atoms with Crippen molar-refractivity contribution in [1.29, 1.82) is 0 Å². The van der Waals surface area contributed by atoms with Crippen LogP contribution in [0.25, 0.3) is 11.0 Å². The second-order valence-corrected chi connectivity index (χ2v) is 11.5. The fraction of sp³-hybridized carbons (Fsp3) is 0.565. The minimum atomic E-state index is -3.72. The molecule has 30 heavy (non-hydrogen) atoms. The lowest BCUT2D eigenvalue weighted by Crippen LogP contribution is -2.22. The number of sulfone groups is 1. The third-order valence-electron chi connectivity index (χ3n) is 6.10. The minimum Gasteiger partial charge on any atom is -0.360 e. The van der Waals surface area contributed by atoms with E-state index < -0.39 is 9.84 Å². The Morgan fingerprint density at radius 1 is 1.13 bits per heavy atom. The van der Waals surface area contributed by atoms with Gasteiger partial charge >= 0.3 is 0 Å². The number of hydrogen-bond acceptors (Lipinski definition) is 5. The summed E-state index contributed by atoms with van der Waals surface area (Å²) < 4.78 is 33.9. The van der Waals surface area contributed by atoms with E-state index in [-0.39, 0.29) is 15.2 Å². The molecule has 0 radical (unpaired) electrons. The molecule has 1 aromatic carbocycles. The first kappa shape index (κ1) is 21.1. The van der Waals surface area contributed by atoms with Crippen molar-refractivity contribution in [2.24, 2.45) is 5.92 Å². The highest BCUT2D eigenvalue weighted by molar-refractivity contribution is 7.91. The Hall–Kier alpha value is -2.15. The van der Waals surface area contributed by atoms with E-state index in [1.165, 1.54) is 32.1 Å². The van der Waals surface area contributed by atoms with Crippen LogP contribution in [0.2, 0.25) is 0 Å². The molecule has 0 bridgehead atoms. The molecule has 0 saturated heterocycles. The molecule has 0 unspecified atom stereocenters. The van der Waals surface area contributed by atoms with Crippen LogP contribution in [-0.2, 0) is 21.8 Å². The normalized spacial score (nSPS) is 16.4. The van der Waals surface area contributed by atoms with Gasteiger partial charge in [0.1, 0.15) is 10.7 Å². The molecule has 0 aliphatic heterocycles. The zero-order chi connectivity index (χ0) is 21.7. The zero-order valence-corrected chi connectivity index (χ0v) is 19.3. The predicted molar refractivity (Wildman–Crippen MR) is 116 cm³/mol. The monoisotopic (exact) mass is 429 g/mol. The van der Waals surface area contributed by atoms with E-state index in [9.17, 15) is 8.42 Å². The second kappa shape index (κ2) is 7.52. The summed E-state index contributed by atoms with van der Waals surface area (Å²) in [6.45, 7) is 10.7. The summed E-state index contributed by atoms with van der Waals surface area (Å²) in [4.78, 5) is 5.29. The number of benzene rings is 1. The molecular weight excluding hydrogens is 398 g/mol. The SMILES string of the molecule is Cc1noc(C)c1S(=O)(=O)c1ccc2c(c1)nc(C(C)(C)C)n2CC1CCCCC1. The van der Waals surface area contributed by atoms with Gasteiger partial charge in [0.15, 0.2) is 5.76 Å². The Morgan fingerprint density at radius 3 is 2.43 bits per heavy atom. The molecule has 162 valence electrons. The van der Waals surface area contributed by atoms with Gasteiger partial charge in [-0.15, -0.1) is 0 Å². The van der Waals surface area contributed by atoms with Gasteiger partial charge in [0, 0.05) is 12.0 Å². The van der Waals surface area contributed by atoms with Crippen molar-refractivity contribution < 1.29 is 12.9 Å². The van der Waals surface area contributed by atoms with Crippen LogP contribution in [0, 0.1) is 19.8 Å². The summed E-state index contributed by atoms with van der Waals surface area (Å²) in [5.74, 6) is 1.98. The molecule has 2 heterocycles. The molecule has 7 heteroatoms. The number of hydrogen-bond donors (Lipinski definition) is 0. The maximum Gasteiger partial charge on any atom is 0.212 e. The fourth-order valence-corrected chi connectivity index (χ4v) is 6.23. The van der Waals surface area contributed by atoms with Crippen molar-refractivity contribution in [3.8, 4) is 0 Å². The lowest BCUT2D eigenvalue weighted by atomic mass is 9.88. The Labute approximate surface area is 178 Å². The summed E-state index contributed by atoms with van der Waals surface area (Å²) >= 11 is 0. The fourth-order valence-electron chi connectivity index (χ4n) is 4.64.